The summed E-state index contributed by atoms with van der Waals surface area (Å²) in [6.07, 6.45) is 2.95. The lowest BCUT2D eigenvalue weighted by atomic mass is 9.60. The predicted octanol–water partition coefficient (Wildman–Crippen LogP) is 6.12. The highest BCUT2D eigenvalue weighted by molar-refractivity contribution is 6.48. The zero-order valence-corrected chi connectivity index (χ0v) is 23.3. The van der Waals surface area contributed by atoms with Gasteiger partial charge < -0.3 is 25.6 Å². The molecule has 1 spiro atoms. The molecule has 1 saturated heterocycles. The Morgan fingerprint density at radius 3 is 2.57 bits per heavy atom. The van der Waals surface area contributed by atoms with Crippen molar-refractivity contribution in [2.45, 2.75) is 58.2 Å². The summed E-state index contributed by atoms with van der Waals surface area (Å²) < 4.78 is 5.80. The lowest BCUT2D eigenvalue weighted by Gasteiger charge is -2.59. The first-order valence-electron chi connectivity index (χ1n) is 12.7. The molecule has 4 rings (SSSR count). The van der Waals surface area contributed by atoms with E-state index in [2.05, 4.69) is 27.8 Å². The van der Waals surface area contributed by atoms with Gasteiger partial charge in [0.2, 0.25) is 0 Å². The van der Waals surface area contributed by atoms with Crippen LogP contribution in [-0.2, 0) is 11.3 Å². The van der Waals surface area contributed by atoms with Gasteiger partial charge in [0.1, 0.15) is 10.8 Å². The fourth-order valence-electron chi connectivity index (χ4n) is 5.21. The fourth-order valence-corrected chi connectivity index (χ4v) is 5.78. The number of hydrogen-bond donors (Lipinski definition) is 3. The van der Waals surface area contributed by atoms with Gasteiger partial charge in [-0.25, -0.2) is 4.79 Å². The van der Waals surface area contributed by atoms with E-state index in [0.717, 1.165) is 38.0 Å². The predicted molar refractivity (Wildman–Crippen MR) is 149 cm³/mol. The van der Waals surface area contributed by atoms with Crippen LogP contribution in [0.5, 0.6) is 5.75 Å². The summed E-state index contributed by atoms with van der Waals surface area (Å²) in [5.41, 5.74) is 1.93. The summed E-state index contributed by atoms with van der Waals surface area (Å²) in [5.74, 6) is 0.0106. The van der Waals surface area contributed by atoms with Crippen LogP contribution in [0, 0.1) is 5.41 Å². The van der Waals surface area contributed by atoms with E-state index in [1.165, 1.54) is 6.42 Å². The van der Waals surface area contributed by atoms with Crippen LogP contribution in [0.1, 0.15) is 45.1 Å². The Morgan fingerprint density at radius 2 is 1.86 bits per heavy atom. The zero-order valence-electron chi connectivity index (χ0n) is 21.1. The van der Waals surface area contributed by atoms with Crippen LogP contribution >= 0.6 is 34.8 Å². The van der Waals surface area contributed by atoms with E-state index in [4.69, 9.17) is 39.5 Å². The van der Waals surface area contributed by atoms with E-state index in [1.807, 2.05) is 31.2 Å². The number of benzene rings is 2. The van der Waals surface area contributed by atoms with Crippen LogP contribution in [0.15, 0.2) is 36.4 Å². The monoisotopic (exact) mass is 566 g/mol. The maximum Gasteiger partial charge on any atom is 0.319 e. The van der Waals surface area contributed by atoms with Crippen molar-refractivity contribution in [3.63, 3.8) is 0 Å². The molecular formula is C27H33Cl3N4O3. The molecule has 0 aromatic heterocycles. The minimum absolute atomic E-state index is 0.167. The van der Waals surface area contributed by atoms with Gasteiger partial charge in [0, 0.05) is 31.4 Å². The van der Waals surface area contributed by atoms with Crippen LogP contribution in [0.25, 0.3) is 0 Å². The van der Waals surface area contributed by atoms with Crippen molar-refractivity contribution in [3.8, 4) is 5.75 Å². The number of nitrogens with zero attached hydrogens (tertiary/aromatic N) is 1. The third-order valence-electron chi connectivity index (χ3n) is 6.94. The summed E-state index contributed by atoms with van der Waals surface area (Å²) in [6.45, 7) is 7.79. The number of halogens is 3. The molecule has 1 saturated carbocycles. The summed E-state index contributed by atoms with van der Waals surface area (Å²) >= 11 is 18.3. The highest BCUT2D eigenvalue weighted by Crippen LogP contribution is 2.48. The van der Waals surface area contributed by atoms with E-state index in [0.29, 0.717) is 28.3 Å². The van der Waals surface area contributed by atoms with Crippen LogP contribution in [0.4, 0.5) is 10.5 Å². The first-order chi connectivity index (χ1) is 17.7. The first-order valence-corrected chi connectivity index (χ1v) is 13.8. The number of rotatable bonds is 10. The van der Waals surface area contributed by atoms with Gasteiger partial charge in [0.05, 0.1) is 10.0 Å². The minimum Gasteiger partial charge on any atom is -0.479 e. The van der Waals surface area contributed by atoms with E-state index >= 15 is 0 Å². The number of anilines is 1. The summed E-state index contributed by atoms with van der Waals surface area (Å²) in [4.78, 5) is 27.7. The second kappa shape index (κ2) is 12.1. The van der Waals surface area contributed by atoms with Gasteiger partial charge in [0.15, 0.2) is 6.10 Å². The van der Waals surface area contributed by atoms with E-state index in [1.54, 1.807) is 12.1 Å². The Labute approximate surface area is 233 Å². The topological polar surface area (TPSA) is 82.7 Å². The van der Waals surface area contributed by atoms with Crippen molar-refractivity contribution in [2.75, 3.05) is 25.0 Å². The number of ether oxygens (including phenoxy) is 1. The molecule has 1 heterocycles. The molecule has 10 heteroatoms. The number of carbonyl (C=O) groups is 2. The lowest BCUT2D eigenvalue weighted by molar-refractivity contribution is -0.128. The van der Waals surface area contributed by atoms with Gasteiger partial charge in [-0.1, -0.05) is 60.8 Å². The smallest absolute Gasteiger partial charge is 0.319 e. The normalized spacial score (nSPS) is 17.4. The van der Waals surface area contributed by atoms with Crippen LogP contribution in [-0.4, -0.2) is 48.6 Å². The highest BCUT2D eigenvalue weighted by atomic mass is 35.5. The van der Waals surface area contributed by atoms with E-state index in [9.17, 15) is 9.59 Å². The Bertz CT molecular complexity index is 1130. The molecule has 37 heavy (non-hydrogen) atoms. The van der Waals surface area contributed by atoms with Crippen molar-refractivity contribution in [1.29, 1.82) is 0 Å². The average molecular weight is 568 g/mol. The minimum atomic E-state index is -0.752. The largest absolute Gasteiger partial charge is 0.479 e. The van der Waals surface area contributed by atoms with Gasteiger partial charge in [0.25, 0.3) is 5.91 Å². The molecule has 3 amide bonds. The highest BCUT2D eigenvalue weighted by Gasteiger charge is 2.52. The zero-order chi connectivity index (χ0) is 26.6. The average Bonchev–Trinajstić information content (AvgIpc) is 2.83. The molecular weight excluding hydrogens is 535 g/mol. The van der Waals surface area contributed by atoms with Crippen molar-refractivity contribution < 1.29 is 14.3 Å². The maximum absolute atomic E-state index is 12.8. The third kappa shape index (κ3) is 6.82. The molecule has 2 fully saturated rings. The number of nitrogens with one attached hydrogen (secondary N) is 3. The molecule has 1 aliphatic carbocycles. The second-order valence-corrected chi connectivity index (χ2v) is 11.2. The van der Waals surface area contributed by atoms with Crippen molar-refractivity contribution in [2.24, 2.45) is 5.41 Å². The van der Waals surface area contributed by atoms with Crippen molar-refractivity contribution in [3.05, 3.63) is 57.0 Å². The van der Waals surface area contributed by atoms with Crippen LogP contribution < -0.4 is 20.7 Å². The first kappa shape index (κ1) is 27.8. The fraction of sp³-hybridized carbons (Fsp3) is 0.481. The lowest BCUT2D eigenvalue weighted by Crippen LogP contribution is -2.66. The molecule has 0 radical (unpaired) electrons. The Morgan fingerprint density at radius 1 is 1.11 bits per heavy atom. The number of urea groups is 1. The Balaban J connectivity index is 1.23. The van der Waals surface area contributed by atoms with Crippen molar-refractivity contribution >= 4 is 52.4 Å². The number of amides is 3. The van der Waals surface area contributed by atoms with E-state index in [-0.39, 0.29) is 34.6 Å². The Hall–Kier alpha value is -2.19. The van der Waals surface area contributed by atoms with Gasteiger partial charge in [-0.3, -0.25) is 4.79 Å². The van der Waals surface area contributed by atoms with E-state index < -0.39 is 6.10 Å². The second-order valence-electron chi connectivity index (χ2n) is 10.0. The quantitative estimate of drug-likeness (QED) is 0.302. The molecule has 2 aromatic carbocycles. The number of likely N-dealkylation sites (tertiary alicyclic amines) is 1. The van der Waals surface area contributed by atoms with Gasteiger partial charge >= 0.3 is 6.03 Å². The van der Waals surface area contributed by atoms with Crippen molar-refractivity contribution in [1.82, 2.24) is 15.5 Å². The Kier molecular flexibility index (Phi) is 9.11. The van der Waals surface area contributed by atoms with Gasteiger partial charge in [-0.2, -0.15) is 0 Å². The molecule has 7 nitrogen and oxygen atoms in total. The van der Waals surface area contributed by atoms with Gasteiger partial charge in [-0.05, 0) is 67.5 Å². The summed E-state index contributed by atoms with van der Waals surface area (Å²) in [5, 5.41) is 9.53. The molecule has 1 unspecified atom stereocenters. The standard InChI is InChI=1S/C27H33Cl3N4O3/c1-3-10-34-15-27(16-34)12-19(13-27)33-26(36)32-18-7-5-6-17(11-18)14-31-25(35)21(4-2)37-22-9-8-20(28)23(29)24(22)30/h5-9,11,19,21H,3-4,10,12-16H2,1-2H3,(H,31,35)(H2,32,33,36). The molecule has 1 atom stereocenters. The van der Waals surface area contributed by atoms with Crippen LogP contribution in [0.3, 0.4) is 0 Å². The SMILES string of the molecule is CCCN1CC2(CC(NC(=O)Nc3cccc(CNC(=O)C(CC)Oc4ccc(Cl)c(Cl)c4Cl)c3)C2)C1. The third-order valence-corrected chi connectivity index (χ3v) is 8.21. The molecule has 2 aromatic rings. The molecule has 3 N–H and O–H groups in total. The van der Waals surface area contributed by atoms with Crippen LogP contribution in [0.2, 0.25) is 15.1 Å². The number of carbonyl (C=O) groups excluding carboxylic acids is 2. The number of hydrogen-bond acceptors (Lipinski definition) is 4. The molecule has 2 aliphatic rings. The van der Waals surface area contributed by atoms with Gasteiger partial charge in [-0.15, -0.1) is 0 Å². The molecule has 0 bridgehead atoms. The summed E-state index contributed by atoms with van der Waals surface area (Å²) in [6, 6.07) is 10.6. The summed E-state index contributed by atoms with van der Waals surface area (Å²) in [7, 11) is 0. The molecule has 1 aliphatic heterocycles. The molecule has 200 valence electrons. The maximum atomic E-state index is 12.8.